The first kappa shape index (κ1) is 21.6. The van der Waals surface area contributed by atoms with Gasteiger partial charge in [-0.05, 0) is 48.9 Å². The van der Waals surface area contributed by atoms with E-state index in [9.17, 15) is 9.59 Å². The molecule has 0 fully saturated rings. The summed E-state index contributed by atoms with van der Waals surface area (Å²) in [7, 11) is 0. The topological polar surface area (TPSA) is 49.4 Å². The molecule has 0 aliphatic carbocycles. The molecule has 0 aromatic heterocycles. The number of nitrogens with zero attached hydrogens (tertiary/aromatic N) is 1. The quantitative estimate of drug-likeness (QED) is 0.516. The summed E-state index contributed by atoms with van der Waals surface area (Å²) in [6, 6.07) is 15.8. The van der Waals surface area contributed by atoms with Crippen LogP contribution in [0.25, 0.3) is 0 Å². The number of hydrogen-bond donors (Lipinski definition) is 1. The second kappa shape index (κ2) is 10.6. The van der Waals surface area contributed by atoms with Crippen molar-refractivity contribution in [3.63, 3.8) is 0 Å². The van der Waals surface area contributed by atoms with Crippen LogP contribution in [-0.4, -0.2) is 18.4 Å². The van der Waals surface area contributed by atoms with Gasteiger partial charge in [0.05, 0.1) is 12.2 Å². The lowest BCUT2D eigenvalue weighted by molar-refractivity contribution is -0.122. The highest BCUT2D eigenvalue weighted by molar-refractivity contribution is 5.95. The fraction of sp³-hybridized carbons (Fsp3) is 0.385. The number of anilines is 1. The van der Waals surface area contributed by atoms with Crippen molar-refractivity contribution in [2.75, 3.05) is 11.4 Å². The molecule has 1 aliphatic rings. The first-order chi connectivity index (χ1) is 14.5. The maximum Gasteiger partial charge on any atom is 0.227 e. The molecule has 2 aromatic rings. The molecule has 0 radical (unpaired) electrons. The molecule has 2 aromatic carbocycles. The van der Waals surface area contributed by atoms with Crippen LogP contribution in [0.3, 0.4) is 0 Å². The standard InChI is InChI=1S/C26H30N2O2/c1-20(2)17-18-27-25(29)13-7-8-14-26(30)28-19-23-11-4-3-9-21(23)15-16-22-10-5-6-12-24(22)28/h3-6,9-12,20H,7-8,13-14,17-19H2,1-2H3,(H,27,29). The summed E-state index contributed by atoms with van der Waals surface area (Å²) in [5.74, 6) is 7.18. The Morgan fingerprint density at radius 3 is 2.43 bits per heavy atom. The van der Waals surface area contributed by atoms with E-state index >= 15 is 0 Å². The molecule has 3 rings (SSSR count). The summed E-state index contributed by atoms with van der Waals surface area (Å²) in [6.07, 6.45) is 3.29. The molecular formula is C26H30N2O2. The van der Waals surface area contributed by atoms with Gasteiger partial charge >= 0.3 is 0 Å². The minimum Gasteiger partial charge on any atom is -0.356 e. The van der Waals surface area contributed by atoms with Crippen molar-refractivity contribution in [2.45, 2.75) is 52.5 Å². The Bertz CT molecular complexity index is 953. The Balaban J connectivity index is 1.60. The van der Waals surface area contributed by atoms with Crippen LogP contribution >= 0.6 is 0 Å². The lowest BCUT2D eigenvalue weighted by Crippen LogP contribution is -2.31. The molecule has 0 atom stereocenters. The average Bonchev–Trinajstić information content (AvgIpc) is 2.72. The van der Waals surface area contributed by atoms with Gasteiger partial charge in [-0.2, -0.15) is 0 Å². The molecule has 0 saturated carbocycles. The minimum absolute atomic E-state index is 0.0705. The van der Waals surface area contributed by atoms with E-state index in [4.69, 9.17) is 0 Å². The predicted molar refractivity (Wildman–Crippen MR) is 121 cm³/mol. The van der Waals surface area contributed by atoms with Gasteiger partial charge in [0.2, 0.25) is 11.8 Å². The van der Waals surface area contributed by atoms with Crippen LogP contribution in [0.2, 0.25) is 0 Å². The number of rotatable bonds is 8. The van der Waals surface area contributed by atoms with Crippen LogP contribution in [0.15, 0.2) is 48.5 Å². The van der Waals surface area contributed by atoms with Crippen LogP contribution in [-0.2, 0) is 16.1 Å². The number of amides is 2. The summed E-state index contributed by atoms with van der Waals surface area (Å²) in [4.78, 5) is 26.9. The van der Waals surface area contributed by atoms with Crippen molar-refractivity contribution in [1.29, 1.82) is 0 Å². The molecule has 156 valence electrons. The third-order valence-corrected chi connectivity index (χ3v) is 5.26. The van der Waals surface area contributed by atoms with Gasteiger partial charge in [-0.1, -0.05) is 56.0 Å². The summed E-state index contributed by atoms with van der Waals surface area (Å²) in [6.45, 7) is 5.52. The van der Waals surface area contributed by atoms with Gasteiger partial charge in [0.15, 0.2) is 0 Å². The normalized spacial score (nSPS) is 12.2. The van der Waals surface area contributed by atoms with Gasteiger partial charge in [-0.3, -0.25) is 9.59 Å². The molecule has 0 saturated heterocycles. The molecule has 1 aliphatic heterocycles. The molecular weight excluding hydrogens is 372 g/mol. The van der Waals surface area contributed by atoms with Crippen molar-refractivity contribution >= 4 is 17.5 Å². The van der Waals surface area contributed by atoms with Crippen LogP contribution in [0.5, 0.6) is 0 Å². The van der Waals surface area contributed by atoms with Gasteiger partial charge in [0.1, 0.15) is 0 Å². The summed E-state index contributed by atoms with van der Waals surface area (Å²) in [5, 5.41) is 2.96. The van der Waals surface area contributed by atoms with E-state index < -0.39 is 0 Å². The number of benzene rings is 2. The summed E-state index contributed by atoms with van der Waals surface area (Å²) in [5.41, 5.74) is 3.74. The highest BCUT2D eigenvalue weighted by atomic mass is 16.2. The Labute approximate surface area is 179 Å². The minimum atomic E-state index is 0.0705. The Kier molecular flexibility index (Phi) is 7.68. The first-order valence-electron chi connectivity index (χ1n) is 10.8. The first-order valence-corrected chi connectivity index (χ1v) is 10.8. The zero-order valence-corrected chi connectivity index (χ0v) is 17.9. The Morgan fingerprint density at radius 2 is 1.63 bits per heavy atom. The number of carbonyl (C=O) groups is 2. The molecule has 4 heteroatoms. The third kappa shape index (κ3) is 5.97. The lowest BCUT2D eigenvalue weighted by atomic mass is 10.0. The van der Waals surface area contributed by atoms with Crippen molar-refractivity contribution in [3.8, 4) is 11.8 Å². The lowest BCUT2D eigenvalue weighted by Gasteiger charge is -2.26. The second-order valence-electron chi connectivity index (χ2n) is 8.14. The van der Waals surface area contributed by atoms with Gasteiger partial charge in [-0.25, -0.2) is 0 Å². The molecule has 0 spiro atoms. The smallest absolute Gasteiger partial charge is 0.227 e. The average molecular weight is 403 g/mol. The number of hydrogen-bond acceptors (Lipinski definition) is 2. The number of carbonyl (C=O) groups excluding carboxylic acids is 2. The van der Waals surface area contributed by atoms with Crippen molar-refractivity contribution in [3.05, 3.63) is 65.2 Å². The van der Waals surface area contributed by atoms with Crippen molar-refractivity contribution < 1.29 is 9.59 Å². The zero-order chi connectivity index (χ0) is 21.3. The van der Waals surface area contributed by atoms with Crippen LogP contribution in [0.1, 0.15) is 62.6 Å². The number of unbranched alkanes of at least 4 members (excludes halogenated alkanes) is 1. The monoisotopic (exact) mass is 402 g/mol. The molecule has 1 N–H and O–H groups in total. The van der Waals surface area contributed by atoms with Crippen molar-refractivity contribution in [2.24, 2.45) is 5.92 Å². The molecule has 4 nitrogen and oxygen atoms in total. The van der Waals surface area contributed by atoms with E-state index in [2.05, 4.69) is 31.0 Å². The predicted octanol–water partition coefficient (Wildman–Crippen LogP) is 4.66. The van der Waals surface area contributed by atoms with E-state index in [0.717, 1.165) is 35.3 Å². The van der Waals surface area contributed by atoms with E-state index in [1.165, 1.54) is 0 Å². The second-order valence-corrected chi connectivity index (χ2v) is 8.14. The van der Waals surface area contributed by atoms with Gasteiger partial charge in [0, 0.05) is 30.5 Å². The molecule has 2 amide bonds. The number of para-hydroxylation sites is 1. The summed E-state index contributed by atoms with van der Waals surface area (Å²) < 4.78 is 0. The number of nitrogens with one attached hydrogen (secondary N) is 1. The fourth-order valence-corrected chi connectivity index (χ4v) is 3.49. The van der Waals surface area contributed by atoms with E-state index in [1.807, 2.05) is 53.4 Å². The SMILES string of the molecule is CC(C)CCNC(=O)CCCCC(=O)N1Cc2ccccc2C#Cc2ccccc21. The zero-order valence-electron chi connectivity index (χ0n) is 17.9. The van der Waals surface area contributed by atoms with Gasteiger partial charge in [0.25, 0.3) is 0 Å². The van der Waals surface area contributed by atoms with Gasteiger partial charge in [-0.15, -0.1) is 0 Å². The van der Waals surface area contributed by atoms with Crippen molar-refractivity contribution in [1.82, 2.24) is 5.32 Å². The van der Waals surface area contributed by atoms with E-state index in [1.54, 1.807) is 0 Å². The Hall–Kier alpha value is -3.06. The molecule has 0 bridgehead atoms. The molecule has 30 heavy (non-hydrogen) atoms. The van der Waals surface area contributed by atoms with Crippen LogP contribution < -0.4 is 10.2 Å². The largest absolute Gasteiger partial charge is 0.356 e. The number of fused-ring (bicyclic) bond motifs is 2. The summed E-state index contributed by atoms with van der Waals surface area (Å²) >= 11 is 0. The maximum absolute atomic E-state index is 13.1. The maximum atomic E-state index is 13.1. The van der Waals surface area contributed by atoms with Crippen LogP contribution in [0.4, 0.5) is 5.69 Å². The molecule has 0 unspecified atom stereocenters. The van der Waals surface area contributed by atoms with E-state index in [-0.39, 0.29) is 11.8 Å². The highest BCUT2D eigenvalue weighted by Crippen LogP contribution is 2.26. The van der Waals surface area contributed by atoms with E-state index in [0.29, 0.717) is 38.1 Å². The Morgan fingerprint density at radius 1 is 0.967 bits per heavy atom. The fourth-order valence-electron chi connectivity index (χ4n) is 3.49. The van der Waals surface area contributed by atoms with Crippen LogP contribution in [0, 0.1) is 17.8 Å². The third-order valence-electron chi connectivity index (χ3n) is 5.26. The van der Waals surface area contributed by atoms with Gasteiger partial charge < -0.3 is 10.2 Å². The highest BCUT2D eigenvalue weighted by Gasteiger charge is 2.20. The molecule has 1 heterocycles.